The van der Waals surface area contributed by atoms with Crippen molar-refractivity contribution in [2.45, 2.75) is 6.42 Å². The van der Waals surface area contributed by atoms with E-state index in [1.807, 2.05) is 0 Å². The molecule has 1 amide bonds. The maximum atomic E-state index is 13.8. The Balaban J connectivity index is 2.42. The Hall–Kier alpha value is -2.51. The van der Waals surface area contributed by atoms with Crippen LogP contribution in [0.2, 0.25) is 0 Å². The number of amides is 1. The molecule has 1 atom stereocenters. The molecule has 1 aliphatic heterocycles. The van der Waals surface area contributed by atoms with Gasteiger partial charge in [0.2, 0.25) is 5.91 Å². The van der Waals surface area contributed by atoms with Crippen LogP contribution in [0, 0.1) is 17.6 Å². The minimum absolute atomic E-state index is 0.239. The Morgan fingerprint density at radius 1 is 1.33 bits per heavy atom. The van der Waals surface area contributed by atoms with Gasteiger partial charge in [0.25, 0.3) is 0 Å². The highest BCUT2D eigenvalue weighted by Crippen LogP contribution is 2.29. The minimum Gasteiger partial charge on any atom is -0.481 e. The number of aliphatic carboxylic acids is 1. The van der Waals surface area contributed by atoms with Gasteiger partial charge < -0.3 is 14.7 Å². The lowest BCUT2D eigenvalue weighted by Crippen LogP contribution is -2.27. The Morgan fingerprint density at radius 3 is 2.52 bits per heavy atom. The largest absolute Gasteiger partial charge is 0.481 e. The van der Waals surface area contributed by atoms with E-state index in [9.17, 15) is 23.2 Å². The average molecular weight is 299 g/mol. The van der Waals surface area contributed by atoms with Gasteiger partial charge in [0, 0.05) is 19.0 Å². The molecule has 2 rings (SSSR count). The van der Waals surface area contributed by atoms with Crippen molar-refractivity contribution in [2.75, 3.05) is 18.6 Å². The van der Waals surface area contributed by atoms with Crippen LogP contribution < -0.4 is 4.90 Å². The zero-order valence-corrected chi connectivity index (χ0v) is 10.9. The minimum atomic E-state index is -1.18. The maximum Gasteiger partial charge on any atom is 0.340 e. The summed E-state index contributed by atoms with van der Waals surface area (Å²) in [5.41, 5.74) is -0.869. The normalized spacial score (nSPS) is 18.0. The van der Waals surface area contributed by atoms with Crippen LogP contribution in [-0.2, 0) is 14.3 Å². The number of esters is 1. The van der Waals surface area contributed by atoms with E-state index in [-0.39, 0.29) is 18.7 Å². The molecule has 1 heterocycles. The lowest BCUT2D eigenvalue weighted by molar-refractivity contribution is -0.141. The second kappa shape index (κ2) is 5.47. The molecule has 0 aliphatic carbocycles. The summed E-state index contributed by atoms with van der Waals surface area (Å²) in [6.45, 7) is -0.239. The zero-order chi connectivity index (χ0) is 15.7. The topological polar surface area (TPSA) is 83.9 Å². The fourth-order valence-electron chi connectivity index (χ4n) is 2.12. The monoisotopic (exact) mass is 299 g/mol. The Labute approximate surface area is 117 Å². The summed E-state index contributed by atoms with van der Waals surface area (Å²) in [5.74, 6) is -5.95. The SMILES string of the molecule is COC(=O)c1cc(N2CC(C(=O)O)CC2=O)c(F)cc1F. The molecule has 1 N–H and O–H groups in total. The van der Waals surface area contributed by atoms with Gasteiger partial charge in [0.05, 0.1) is 24.3 Å². The predicted octanol–water partition coefficient (Wildman–Crippen LogP) is 1.19. The van der Waals surface area contributed by atoms with Crippen LogP contribution in [0.15, 0.2) is 12.1 Å². The van der Waals surface area contributed by atoms with Crippen LogP contribution >= 0.6 is 0 Å². The highest BCUT2D eigenvalue weighted by atomic mass is 19.1. The number of benzene rings is 1. The molecule has 21 heavy (non-hydrogen) atoms. The van der Waals surface area contributed by atoms with Crippen molar-refractivity contribution in [2.24, 2.45) is 5.92 Å². The van der Waals surface area contributed by atoms with Crippen molar-refractivity contribution >= 4 is 23.5 Å². The molecule has 1 saturated heterocycles. The molecule has 0 saturated carbocycles. The van der Waals surface area contributed by atoms with Crippen molar-refractivity contribution in [1.82, 2.24) is 0 Å². The summed E-state index contributed by atoms with van der Waals surface area (Å²) in [4.78, 5) is 34.9. The molecular weight excluding hydrogens is 288 g/mol. The van der Waals surface area contributed by atoms with E-state index in [0.717, 1.165) is 18.1 Å². The lowest BCUT2D eigenvalue weighted by atomic mass is 10.1. The van der Waals surface area contributed by atoms with E-state index in [1.165, 1.54) is 0 Å². The van der Waals surface area contributed by atoms with Gasteiger partial charge in [-0.2, -0.15) is 0 Å². The van der Waals surface area contributed by atoms with Crippen LogP contribution in [0.5, 0.6) is 0 Å². The zero-order valence-electron chi connectivity index (χ0n) is 10.9. The summed E-state index contributed by atoms with van der Waals surface area (Å²) in [7, 11) is 1.03. The van der Waals surface area contributed by atoms with Crippen LogP contribution in [0.1, 0.15) is 16.8 Å². The van der Waals surface area contributed by atoms with Crippen molar-refractivity contribution in [3.63, 3.8) is 0 Å². The van der Waals surface area contributed by atoms with Gasteiger partial charge in [-0.1, -0.05) is 0 Å². The molecule has 0 aromatic heterocycles. The smallest absolute Gasteiger partial charge is 0.340 e. The first-order valence-electron chi connectivity index (χ1n) is 5.95. The van der Waals surface area contributed by atoms with Gasteiger partial charge >= 0.3 is 11.9 Å². The molecule has 112 valence electrons. The third kappa shape index (κ3) is 2.69. The maximum absolute atomic E-state index is 13.8. The summed E-state index contributed by atoms with van der Waals surface area (Å²) < 4.78 is 31.7. The molecule has 1 aliphatic rings. The number of carboxylic acids is 1. The van der Waals surface area contributed by atoms with Crippen LogP contribution in [0.25, 0.3) is 0 Å². The van der Waals surface area contributed by atoms with Crippen LogP contribution in [0.3, 0.4) is 0 Å². The number of carbonyl (C=O) groups is 3. The molecule has 8 heteroatoms. The van der Waals surface area contributed by atoms with Gasteiger partial charge in [-0.3, -0.25) is 9.59 Å². The second-order valence-electron chi connectivity index (χ2n) is 4.52. The van der Waals surface area contributed by atoms with Crippen molar-refractivity contribution < 1.29 is 33.0 Å². The molecule has 1 aromatic carbocycles. The first-order valence-corrected chi connectivity index (χ1v) is 5.95. The van der Waals surface area contributed by atoms with E-state index in [4.69, 9.17) is 5.11 Å². The molecule has 1 unspecified atom stereocenters. The number of nitrogens with zero attached hydrogens (tertiary/aromatic N) is 1. The number of halogens is 2. The molecule has 0 radical (unpaired) electrons. The number of ether oxygens (including phenoxy) is 1. The Kier molecular flexibility index (Phi) is 3.88. The number of methoxy groups -OCH3 is 1. The van der Waals surface area contributed by atoms with Gasteiger partial charge in [-0.15, -0.1) is 0 Å². The second-order valence-corrected chi connectivity index (χ2v) is 4.52. The summed E-state index contributed by atoms with van der Waals surface area (Å²) >= 11 is 0. The standard InChI is InChI=1S/C13H11F2NO5/c1-21-13(20)7-3-10(9(15)4-8(7)14)16-5-6(12(18)19)2-11(16)17/h3-4,6H,2,5H2,1H3,(H,18,19). The van der Waals surface area contributed by atoms with E-state index < -0.39 is 41.0 Å². The van der Waals surface area contributed by atoms with Crippen LogP contribution in [-0.4, -0.2) is 36.6 Å². The molecule has 0 spiro atoms. The fraction of sp³-hybridized carbons (Fsp3) is 0.308. The Bertz CT molecular complexity index is 631. The average Bonchev–Trinajstić information content (AvgIpc) is 2.80. The first kappa shape index (κ1) is 14.9. The molecule has 0 bridgehead atoms. The fourth-order valence-corrected chi connectivity index (χ4v) is 2.12. The van der Waals surface area contributed by atoms with Gasteiger partial charge in [-0.05, 0) is 6.07 Å². The van der Waals surface area contributed by atoms with Gasteiger partial charge in [0.1, 0.15) is 11.6 Å². The van der Waals surface area contributed by atoms with Gasteiger partial charge in [-0.25, -0.2) is 13.6 Å². The van der Waals surface area contributed by atoms with E-state index in [0.29, 0.717) is 6.07 Å². The lowest BCUT2D eigenvalue weighted by Gasteiger charge is -2.18. The quantitative estimate of drug-likeness (QED) is 0.848. The van der Waals surface area contributed by atoms with Gasteiger partial charge in [0.15, 0.2) is 0 Å². The van der Waals surface area contributed by atoms with Crippen molar-refractivity contribution in [3.8, 4) is 0 Å². The number of carboxylic acid groups (broad SMARTS) is 1. The molecule has 1 fully saturated rings. The highest BCUT2D eigenvalue weighted by molar-refractivity contribution is 6.00. The van der Waals surface area contributed by atoms with E-state index >= 15 is 0 Å². The third-order valence-electron chi connectivity index (χ3n) is 3.21. The number of hydrogen-bond acceptors (Lipinski definition) is 4. The third-order valence-corrected chi connectivity index (χ3v) is 3.21. The van der Waals surface area contributed by atoms with E-state index in [2.05, 4.69) is 4.74 Å². The Morgan fingerprint density at radius 2 is 2.00 bits per heavy atom. The number of anilines is 1. The number of rotatable bonds is 3. The predicted molar refractivity (Wildman–Crippen MR) is 65.8 cm³/mol. The first-order chi connectivity index (χ1) is 9.85. The molecule has 6 nitrogen and oxygen atoms in total. The highest BCUT2D eigenvalue weighted by Gasteiger charge is 2.36. The summed E-state index contributed by atoms with van der Waals surface area (Å²) in [6, 6.07) is 1.31. The molecule has 1 aromatic rings. The number of carbonyl (C=O) groups excluding carboxylic acids is 2. The van der Waals surface area contributed by atoms with Crippen molar-refractivity contribution in [1.29, 1.82) is 0 Å². The summed E-state index contributed by atoms with van der Waals surface area (Å²) in [5, 5.41) is 8.88. The van der Waals surface area contributed by atoms with E-state index in [1.54, 1.807) is 0 Å². The van der Waals surface area contributed by atoms with Crippen LogP contribution in [0.4, 0.5) is 14.5 Å². The molecular formula is C13H11F2NO5. The summed E-state index contributed by atoms with van der Waals surface area (Å²) in [6.07, 6.45) is -0.278. The van der Waals surface area contributed by atoms with Crippen molar-refractivity contribution in [3.05, 3.63) is 29.3 Å². The number of hydrogen-bond donors (Lipinski definition) is 1.